The zero-order valence-corrected chi connectivity index (χ0v) is 13.9. The van der Waals surface area contributed by atoms with E-state index in [1.54, 1.807) is 34.6 Å². The number of carbonyl (C=O) groups excluding carboxylic acids is 3. The lowest BCUT2D eigenvalue weighted by Crippen LogP contribution is -2.55. The molecule has 0 aromatic rings. The molecule has 0 aromatic heterocycles. The standard InChI is InChI=1S/C14H26N2O6/c1-8(2)10(16-13(20)22-14(3,4)5)11(18)15-9(7-17)12(19)21-6/h8-10,17H,7H2,1-6H3,(H,15,18)(H,16,20)/t9?,10-/m0/s1. The lowest BCUT2D eigenvalue weighted by Gasteiger charge is -2.26. The van der Waals surface area contributed by atoms with Crippen LogP contribution in [0.1, 0.15) is 34.6 Å². The first-order chi connectivity index (χ1) is 10.0. The van der Waals surface area contributed by atoms with Crippen LogP contribution in [0.25, 0.3) is 0 Å². The molecule has 0 aliphatic carbocycles. The van der Waals surface area contributed by atoms with E-state index in [4.69, 9.17) is 9.84 Å². The molecule has 22 heavy (non-hydrogen) atoms. The molecular weight excluding hydrogens is 292 g/mol. The number of esters is 1. The molecule has 0 saturated heterocycles. The summed E-state index contributed by atoms with van der Waals surface area (Å²) in [5, 5.41) is 13.9. The van der Waals surface area contributed by atoms with Gasteiger partial charge in [-0.2, -0.15) is 0 Å². The summed E-state index contributed by atoms with van der Waals surface area (Å²) < 4.78 is 9.56. The summed E-state index contributed by atoms with van der Waals surface area (Å²) in [6, 6.07) is -2.09. The molecule has 128 valence electrons. The molecule has 8 nitrogen and oxygen atoms in total. The molecule has 0 saturated carbocycles. The highest BCUT2D eigenvalue weighted by atomic mass is 16.6. The van der Waals surface area contributed by atoms with E-state index in [9.17, 15) is 14.4 Å². The molecule has 0 radical (unpaired) electrons. The van der Waals surface area contributed by atoms with Crippen molar-refractivity contribution in [3.05, 3.63) is 0 Å². The van der Waals surface area contributed by atoms with E-state index in [1.807, 2.05) is 0 Å². The van der Waals surface area contributed by atoms with E-state index < -0.39 is 42.3 Å². The van der Waals surface area contributed by atoms with Gasteiger partial charge in [0.05, 0.1) is 13.7 Å². The number of rotatable bonds is 6. The summed E-state index contributed by atoms with van der Waals surface area (Å²) in [5.74, 6) is -1.62. The Morgan fingerprint density at radius 1 is 1.14 bits per heavy atom. The summed E-state index contributed by atoms with van der Waals surface area (Å²) >= 11 is 0. The van der Waals surface area contributed by atoms with E-state index in [0.717, 1.165) is 7.11 Å². The highest BCUT2D eigenvalue weighted by Gasteiger charge is 2.30. The molecule has 0 aromatic carbocycles. The van der Waals surface area contributed by atoms with Gasteiger partial charge in [-0.15, -0.1) is 0 Å². The zero-order valence-electron chi connectivity index (χ0n) is 13.9. The molecule has 3 N–H and O–H groups in total. The second-order valence-corrected chi connectivity index (χ2v) is 6.13. The van der Waals surface area contributed by atoms with Crippen molar-refractivity contribution in [2.24, 2.45) is 5.92 Å². The molecule has 1 unspecified atom stereocenters. The number of hydrogen-bond donors (Lipinski definition) is 3. The number of amides is 2. The number of ether oxygens (including phenoxy) is 2. The van der Waals surface area contributed by atoms with E-state index in [2.05, 4.69) is 15.4 Å². The van der Waals surface area contributed by atoms with E-state index >= 15 is 0 Å². The minimum atomic E-state index is -1.18. The smallest absolute Gasteiger partial charge is 0.408 e. The van der Waals surface area contributed by atoms with Crippen molar-refractivity contribution in [1.82, 2.24) is 10.6 Å². The summed E-state index contributed by atoms with van der Waals surface area (Å²) in [6.07, 6.45) is -0.736. The molecule has 0 fully saturated rings. The number of aliphatic hydroxyl groups is 1. The average Bonchev–Trinajstić information content (AvgIpc) is 2.38. The van der Waals surface area contributed by atoms with Gasteiger partial charge in [0.2, 0.25) is 5.91 Å². The Labute approximate surface area is 130 Å². The minimum absolute atomic E-state index is 0.246. The fourth-order valence-electron chi connectivity index (χ4n) is 1.55. The van der Waals surface area contributed by atoms with Crippen LogP contribution in [0.5, 0.6) is 0 Å². The molecule has 0 aliphatic rings. The maximum atomic E-state index is 12.2. The first-order valence-corrected chi connectivity index (χ1v) is 7.00. The van der Waals surface area contributed by atoms with Crippen LogP contribution in [0.15, 0.2) is 0 Å². The SMILES string of the molecule is COC(=O)C(CO)NC(=O)[C@@H](NC(=O)OC(C)(C)C)C(C)C. The number of methoxy groups -OCH3 is 1. The van der Waals surface area contributed by atoms with Gasteiger partial charge < -0.3 is 25.2 Å². The Bertz CT molecular complexity index is 403. The molecule has 0 heterocycles. The number of aliphatic hydroxyl groups excluding tert-OH is 1. The first kappa shape index (κ1) is 20.2. The third-order valence-corrected chi connectivity index (χ3v) is 2.61. The van der Waals surface area contributed by atoms with Crippen molar-refractivity contribution >= 4 is 18.0 Å². The third kappa shape index (κ3) is 7.26. The number of nitrogens with one attached hydrogen (secondary N) is 2. The normalized spacial score (nSPS) is 14.0. The Kier molecular flexibility index (Phi) is 7.86. The Balaban J connectivity index is 4.84. The average molecular weight is 318 g/mol. The Hall–Kier alpha value is -1.83. The Morgan fingerprint density at radius 2 is 1.68 bits per heavy atom. The first-order valence-electron chi connectivity index (χ1n) is 7.00. The summed E-state index contributed by atoms with van der Waals surface area (Å²) in [4.78, 5) is 35.3. The van der Waals surface area contributed by atoms with Gasteiger partial charge in [-0.05, 0) is 26.7 Å². The van der Waals surface area contributed by atoms with Crippen LogP contribution in [0, 0.1) is 5.92 Å². The minimum Gasteiger partial charge on any atom is -0.467 e. The van der Waals surface area contributed by atoms with Gasteiger partial charge >= 0.3 is 12.1 Å². The molecule has 0 spiro atoms. The van der Waals surface area contributed by atoms with Gasteiger partial charge in [0.25, 0.3) is 0 Å². The zero-order chi connectivity index (χ0) is 17.5. The predicted molar refractivity (Wildman–Crippen MR) is 79.0 cm³/mol. The second-order valence-electron chi connectivity index (χ2n) is 6.13. The van der Waals surface area contributed by atoms with Gasteiger partial charge in [-0.25, -0.2) is 9.59 Å². The van der Waals surface area contributed by atoms with E-state index in [0.29, 0.717) is 0 Å². The van der Waals surface area contributed by atoms with Crippen molar-refractivity contribution in [3.63, 3.8) is 0 Å². The van der Waals surface area contributed by atoms with E-state index in [-0.39, 0.29) is 5.92 Å². The fraction of sp³-hybridized carbons (Fsp3) is 0.786. The molecular formula is C14H26N2O6. The molecule has 0 bridgehead atoms. The maximum absolute atomic E-state index is 12.2. The van der Waals surface area contributed by atoms with Crippen molar-refractivity contribution in [2.45, 2.75) is 52.3 Å². The monoisotopic (exact) mass is 318 g/mol. The van der Waals surface area contributed by atoms with Gasteiger partial charge in [0.15, 0.2) is 6.04 Å². The van der Waals surface area contributed by atoms with Crippen LogP contribution < -0.4 is 10.6 Å². The molecule has 2 amide bonds. The lowest BCUT2D eigenvalue weighted by atomic mass is 10.0. The second kappa shape index (κ2) is 8.57. The van der Waals surface area contributed by atoms with Crippen LogP contribution in [-0.2, 0) is 19.1 Å². The lowest BCUT2D eigenvalue weighted by molar-refractivity contribution is -0.146. The van der Waals surface area contributed by atoms with Gasteiger partial charge in [-0.1, -0.05) is 13.8 Å². The van der Waals surface area contributed by atoms with Crippen molar-refractivity contribution in [3.8, 4) is 0 Å². The van der Waals surface area contributed by atoms with Crippen molar-refractivity contribution in [2.75, 3.05) is 13.7 Å². The highest BCUT2D eigenvalue weighted by Crippen LogP contribution is 2.09. The maximum Gasteiger partial charge on any atom is 0.408 e. The van der Waals surface area contributed by atoms with Crippen LogP contribution in [0.4, 0.5) is 4.79 Å². The van der Waals surface area contributed by atoms with Crippen LogP contribution in [0.3, 0.4) is 0 Å². The molecule has 8 heteroatoms. The predicted octanol–water partition coefficient (Wildman–Crippen LogP) is 0.186. The third-order valence-electron chi connectivity index (χ3n) is 2.61. The Morgan fingerprint density at radius 3 is 2.05 bits per heavy atom. The molecule has 0 aliphatic heterocycles. The number of hydrogen-bond acceptors (Lipinski definition) is 6. The summed E-state index contributed by atoms with van der Waals surface area (Å²) in [7, 11) is 1.15. The fourth-order valence-corrected chi connectivity index (χ4v) is 1.55. The summed E-state index contributed by atoms with van der Waals surface area (Å²) in [5.41, 5.74) is -0.693. The van der Waals surface area contributed by atoms with Crippen LogP contribution >= 0.6 is 0 Å². The van der Waals surface area contributed by atoms with Gasteiger partial charge in [0.1, 0.15) is 11.6 Å². The molecule has 0 rings (SSSR count). The summed E-state index contributed by atoms with van der Waals surface area (Å²) in [6.45, 7) is 7.97. The number of alkyl carbamates (subject to hydrolysis) is 1. The van der Waals surface area contributed by atoms with Gasteiger partial charge in [0, 0.05) is 0 Å². The topological polar surface area (TPSA) is 114 Å². The number of carbonyl (C=O) groups is 3. The van der Waals surface area contributed by atoms with E-state index in [1.165, 1.54) is 0 Å². The van der Waals surface area contributed by atoms with Crippen LogP contribution in [-0.4, -0.2) is 54.5 Å². The quantitative estimate of drug-likeness (QED) is 0.602. The van der Waals surface area contributed by atoms with Crippen molar-refractivity contribution < 1.29 is 29.0 Å². The van der Waals surface area contributed by atoms with Crippen LogP contribution in [0.2, 0.25) is 0 Å². The van der Waals surface area contributed by atoms with Crippen molar-refractivity contribution in [1.29, 1.82) is 0 Å². The molecule has 2 atom stereocenters. The highest BCUT2D eigenvalue weighted by molar-refractivity contribution is 5.89. The largest absolute Gasteiger partial charge is 0.467 e. The van der Waals surface area contributed by atoms with Gasteiger partial charge in [-0.3, -0.25) is 4.79 Å².